The molecule has 102 valence electrons. The number of carbonyl (C=O) groups is 1. The third-order valence-electron chi connectivity index (χ3n) is 2.46. The Morgan fingerprint density at radius 2 is 1.94 bits per heavy atom. The van der Waals surface area contributed by atoms with Crippen molar-refractivity contribution >= 4 is 5.97 Å². The van der Waals surface area contributed by atoms with Gasteiger partial charge in [0.2, 0.25) is 0 Å². The maximum atomic E-state index is 11.6. The SMILES string of the molecule is CCN(CCC(=O)OC(C)(C)C)C(C)COC. The molecule has 0 aromatic heterocycles. The van der Waals surface area contributed by atoms with Gasteiger partial charge in [-0.25, -0.2) is 0 Å². The van der Waals surface area contributed by atoms with E-state index in [1.807, 2.05) is 20.8 Å². The molecule has 0 aromatic carbocycles. The number of carbonyl (C=O) groups excluding carboxylic acids is 1. The molecule has 0 fully saturated rings. The summed E-state index contributed by atoms with van der Waals surface area (Å²) in [4.78, 5) is 13.8. The van der Waals surface area contributed by atoms with Crippen molar-refractivity contribution in [3.63, 3.8) is 0 Å². The quantitative estimate of drug-likeness (QED) is 0.644. The third kappa shape index (κ3) is 8.16. The average molecular weight is 245 g/mol. The summed E-state index contributed by atoms with van der Waals surface area (Å²) in [6.07, 6.45) is 0.430. The third-order valence-corrected chi connectivity index (χ3v) is 2.46. The first-order chi connectivity index (χ1) is 7.80. The van der Waals surface area contributed by atoms with Crippen molar-refractivity contribution in [2.45, 2.75) is 52.7 Å². The molecule has 0 heterocycles. The van der Waals surface area contributed by atoms with Gasteiger partial charge in [0.25, 0.3) is 0 Å². The van der Waals surface area contributed by atoms with E-state index in [9.17, 15) is 4.79 Å². The molecule has 0 spiro atoms. The molecule has 0 bridgehead atoms. The molecule has 17 heavy (non-hydrogen) atoms. The van der Waals surface area contributed by atoms with E-state index in [4.69, 9.17) is 9.47 Å². The molecule has 0 amide bonds. The summed E-state index contributed by atoms with van der Waals surface area (Å²) >= 11 is 0. The Bertz CT molecular complexity index is 223. The number of rotatable bonds is 7. The van der Waals surface area contributed by atoms with Crippen LogP contribution in [0, 0.1) is 0 Å². The fraction of sp³-hybridized carbons (Fsp3) is 0.923. The number of hydrogen-bond acceptors (Lipinski definition) is 4. The van der Waals surface area contributed by atoms with E-state index < -0.39 is 5.60 Å². The van der Waals surface area contributed by atoms with Crippen LogP contribution in [0.25, 0.3) is 0 Å². The number of methoxy groups -OCH3 is 1. The van der Waals surface area contributed by atoms with Crippen LogP contribution in [0.3, 0.4) is 0 Å². The molecule has 0 aliphatic heterocycles. The summed E-state index contributed by atoms with van der Waals surface area (Å²) in [7, 11) is 1.69. The van der Waals surface area contributed by atoms with Gasteiger partial charge in [-0.3, -0.25) is 9.69 Å². The van der Waals surface area contributed by atoms with Crippen molar-refractivity contribution in [1.82, 2.24) is 4.90 Å². The molecule has 0 aliphatic carbocycles. The van der Waals surface area contributed by atoms with E-state index in [2.05, 4.69) is 18.7 Å². The monoisotopic (exact) mass is 245 g/mol. The lowest BCUT2D eigenvalue weighted by Crippen LogP contribution is -2.38. The van der Waals surface area contributed by atoms with Gasteiger partial charge in [0, 0.05) is 19.7 Å². The lowest BCUT2D eigenvalue weighted by atomic mass is 10.2. The summed E-state index contributed by atoms with van der Waals surface area (Å²) in [6.45, 7) is 12.1. The largest absolute Gasteiger partial charge is 0.460 e. The lowest BCUT2D eigenvalue weighted by Gasteiger charge is -2.27. The van der Waals surface area contributed by atoms with Crippen LogP contribution in [0.1, 0.15) is 41.0 Å². The molecule has 0 aliphatic rings. The second-order valence-electron chi connectivity index (χ2n) is 5.27. The second kappa shape index (κ2) is 7.67. The molecule has 0 rings (SSSR count). The molecule has 0 N–H and O–H groups in total. The van der Waals surface area contributed by atoms with Gasteiger partial charge in [-0.2, -0.15) is 0 Å². The van der Waals surface area contributed by atoms with Crippen molar-refractivity contribution in [2.24, 2.45) is 0 Å². The second-order valence-corrected chi connectivity index (χ2v) is 5.27. The normalized spacial score (nSPS) is 13.8. The topological polar surface area (TPSA) is 38.8 Å². The van der Waals surface area contributed by atoms with Crippen molar-refractivity contribution in [3.05, 3.63) is 0 Å². The van der Waals surface area contributed by atoms with E-state index in [1.54, 1.807) is 7.11 Å². The van der Waals surface area contributed by atoms with Crippen molar-refractivity contribution in [2.75, 3.05) is 26.8 Å². The minimum Gasteiger partial charge on any atom is -0.460 e. The van der Waals surface area contributed by atoms with Crippen LogP contribution in [-0.4, -0.2) is 49.3 Å². The minimum atomic E-state index is -0.397. The summed E-state index contributed by atoms with van der Waals surface area (Å²) in [6, 6.07) is 0.326. The van der Waals surface area contributed by atoms with Crippen molar-refractivity contribution < 1.29 is 14.3 Å². The van der Waals surface area contributed by atoms with Gasteiger partial charge in [-0.05, 0) is 34.2 Å². The van der Waals surface area contributed by atoms with Crippen LogP contribution in [0.4, 0.5) is 0 Å². The highest BCUT2D eigenvalue weighted by molar-refractivity contribution is 5.70. The highest BCUT2D eigenvalue weighted by atomic mass is 16.6. The molecule has 0 aromatic rings. The Hall–Kier alpha value is -0.610. The van der Waals surface area contributed by atoms with Gasteiger partial charge >= 0.3 is 5.97 Å². The van der Waals surface area contributed by atoms with Crippen molar-refractivity contribution in [3.8, 4) is 0 Å². The molecular weight excluding hydrogens is 218 g/mol. The first kappa shape index (κ1) is 16.4. The molecule has 1 unspecified atom stereocenters. The maximum absolute atomic E-state index is 11.6. The summed E-state index contributed by atoms with van der Waals surface area (Å²) in [5.41, 5.74) is -0.397. The standard InChI is InChI=1S/C13H27NO3/c1-7-14(11(2)10-16-6)9-8-12(15)17-13(3,4)5/h11H,7-10H2,1-6H3. The fourth-order valence-electron chi connectivity index (χ4n) is 1.66. The number of esters is 1. The van der Waals surface area contributed by atoms with Crippen molar-refractivity contribution in [1.29, 1.82) is 0 Å². The zero-order chi connectivity index (χ0) is 13.5. The predicted octanol–water partition coefficient (Wildman–Crippen LogP) is 2.08. The van der Waals surface area contributed by atoms with Gasteiger partial charge < -0.3 is 9.47 Å². The van der Waals surface area contributed by atoms with Gasteiger partial charge in [0.15, 0.2) is 0 Å². The summed E-state index contributed by atoms with van der Waals surface area (Å²) in [5.74, 6) is -0.138. The Kier molecular flexibility index (Phi) is 7.39. The molecule has 0 saturated carbocycles. The summed E-state index contributed by atoms with van der Waals surface area (Å²) in [5, 5.41) is 0. The smallest absolute Gasteiger partial charge is 0.307 e. The molecule has 4 heteroatoms. The zero-order valence-electron chi connectivity index (χ0n) is 12.1. The number of ether oxygens (including phenoxy) is 2. The van der Waals surface area contributed by atoms with Gasteiger partial charge in [0.05, 0.1) is 13.0 Å². The molecule has 0 saturated heterocycles. The average Bonchev–Trinajstić information content (AvgIpc) is 2.16. The van der Waals surface area contributed by atoms with Gasteiger partial charge in [0.1, 0.15) is 5.60 Å². The first-order valence-corrected chi connectivity index (χ1v) is 6.25. The number of nitrogens with zero attached hydrogens (tertiary/aromatic N) is 1. The fourth-order valence-corrected chi connectivity index (χ4v) is 1.66. The minimum absolute atomic E-state index is 0.138. The molecule has 1 atom stereocenters. The van der Waals surface area contributed by atoms with E-state index >= 15 is 0 Å². The van der Waals surface area contributed by atoms with Crippen LogP contribution in [0.2, 0.25) is 0 Å². The lowest BCUT2D eigenvalue weighted by molar-refractivity contribution is -0.155. The number of hydrogen-bond donors (Lipinski definition) is 0. The van der Waals surface area contributed by atoms with Gasteiger partial charge in [-0.15, -0.1) is 0 Å². The van der Waals surface area contributed by atoms with Crippen LogP contribution in [-0.2, 0) is 14.3 Å². The Morgan fingerprint density at radius 3 is 2.35 bits per heavy atom. The van der Waals surface area contributed by atoms with E-state index in [1.165, 1.54) is 0 Å². The van der Waals surface area contributed by atoms with Crippen LogP contribution in [0.15, 0.2) is 0 Å². The zero-order valence-corrected chi connectivity index (χ0v) is 12.1. The highest BCUT2D eigenvalue weighted by Crippen LogP contribution is 2.09. The first-order valence-electron chi connectivity index (χ1n) is 6.25. The van der Waals surface area contributed by atoms with Crippen LogP contribution in [0.5, 0.6) is 0 Å². The van der Waals surface area contributed by atoms with E-state index in [-0.39, 0.29) is 5.97 Å². The number of likely N-dealkylation sites (N-methyl/N-ethyl adjacent to an activating group) is 1. The Balaban J connectivity index is 4.02. The maximum Gasteiger partial charge on any atom is 0.307 e. The Labute approximate surface area is 105 Å². The van der Waals surface area contributed by atoms with Crippen LogP contribution >= 0.6 is 0 Å². The molecule has 0 radical (unpaired) electrons. The van der Waals surface area contributed by atoms with Gasteiger partial charge in [-0.1, -0.05) is 6.92 Å². The predicted molar refractivity (Wildman–Crippen MR) is 69.0 cm³/mol. The van der Waals surface area contributed by atoms with E-state index in [0.717, 1.165) is 13.1 Å². The molecular formula is C13H27NO3. The highest BCUT2D eigenvalue weighted by Gasteiger charge is 2.18. The summed E-state index contributed by atoms with van der Waals surface area (Å²) < 4.78 is 10.4. The van der Waals surface area contributed by atoms with E-state index in [0.29, 0.717) is 19.1 Å². The molecule has 4 nitrogen and oxygen atoms in total. The van der Waals surface area contributed by atoms with Crippen LogP contribution < -0.4 is 0 Å². The Morgan fingerprint density at radius 1 is 1.35 bits per heavy atom.